The number of anilines is 2. The average Bonchev–Trinajstić information content (AvgIpc) is 3.07. The van der Waals surface area contributed by atoms with Crippen LogP contribution in [-0.2, 0) is 6.42 Å². The quantitative estimate of drug-likeness (QED) is 0.480. The molecule has 1 amide bonds. The second-order valence-electron chi connectivity index (χ2n) is 6.82. The number of halogens is 2. The first kappa shape index (κ1) is 19.6. The summed E-state index contributed by atoms with van der Waals surface area (Å²) in [6.45, 7) is 1.88. The maximum Gasteiger partial charge on any atom is 0.291 e. The molecule has 0 unspecified atom stereocenters. The largest absolute Gasteiger partial charge is 0.455 e. The first-order valence-corrected chi connectivity index (χ1v) is 10.0. The number of aryl methyl sites for hydroxylation is 1. The molecular weight excluding hydrogens is 409 g/mol. The van der Waals surface area contributed by atoms with E-state index in [1.54, 1.807) is 18.2 Å². The Labute approximate surface area is 178 Å². The predicted octanol–water partition coefficient (Wildman–Crippen LogP) is 6.30. The Balaban J connectivity index is 1.61. The number of carbonyl (C=O) groups is 1. The summed E-state index contributed by atoms with van der Waals surface area (Å²) in [5.41, 5.74) is 7.05. The van der Waals surface area contributed by atoms with Gasteiger partial charge in [0.1, 0.15) is 5.76 Å². The Morgan fingerprint density at radius 1 is 1.10 bits per heavy atom. The number of rotatable bonds is 4. The fraction of sp³-hybridized carbons (Fsp3) is 0.182. The fourth-order valence-electron chi connectivity index (χ4n) is 3.41. The highest BCUT2D eigenvalue weighted by Crippen LogP contribution is 2.31. The van der Waals surface area contributed by atoms with Crippen LogP contribution in [0.15, 0.2) is 58.0 Å². The van der Waals surface area contributed by atoms with Crippen molar-refractivity contribution >= 4 is 46.2 Å². The number of nitrogens with zero attached hydrogens (tertiary/aromatic N) is 1. The minimum absolute atomic E-state index is 0.273. The molecule has 1 aliphatic carbocycles. The van der Waals surface area contributed by atoms with Crippen LogP contribution in [0.5, 0.6) is 0 Å². The first-order valence-electron chi connectivity index (χ1n) is 9.29. The maximum absolute atomic E-state index is 12.8. The van der Waals surface area contributed by atoms with Crippen LogP contribution in [0.3, 0.4) is 0 Å². The Hall–Kier alpha value is -2.76. The Morgan fingerprint density at radius 2 is 1.90 bits per heavy atom. The monoisotopic (exact) mass is 427 g/mol. The number of furan rings is 1. The van der Waals surface area contributed by atoms with Crippen molar-refractivity contribution < 1.29 is 9.21 Å². The van der Waals surface area contributed by atoms with Gasteiger partial charge in [-0.3, -0.25) is 10.2 Å². The van der Waals surface area contributed by atoms with Crippen molar-refractivity contribution in [2.24, 2.45) is 5.10 Å². The van der Waals surface area contributed by atoms with E-state index in [0.29, 0.717) is 15.7 Å². The third kappa shape index (κ3) is 4.16. The highest BCUT2D eigenvalue weighted by Gasteiger charge is 2.28. The molecule has 1 aromatic heterocycles. The summed E-state index contributed by atoms with van der Waals surface area (Å²) >= 11 is 12.1. The predicted molar refractivity (Wildman–Crippen MR) is 117 cm³/mol. The SMILES string of the molecule is Cc1c(C(=O)Nc2ccc(Cl)cc2Cl)oc2c1/C(=N/Nc1ccccc1)CCC2. The summed E-state index contributed by atoms with van der Waals surface area (Å²) in [5.74, 6) is 0.710. The van der Waals surface area contributed by atoms with Gasteiger partial charge in [0, 0.05) is 22.6 Å². The van der Waals surface area contributed by atoms with Crippen LogP contribution in [-0.4, -0.2) is 11.6 Å². The van der Waals surface area contributed by atoms with Gasteiger partial charge in [0.15, 0.2) is 5.76 Å². The van der Waals surface area contributed by atoms with E-state index in [2.05, 4.69) is 15.8 Å². The fourth-order valence-corrected chi connectivity index (χ4v) is 3.87. The Bertz CT molecular complexity index is 1090. The van der Waals surface area contributed by atoms with E-state index in [1.807, 2.05) is 37.3 Å². The van der Waals surface area contributed by atoms with Crippen LogP contribution in [0, 0.1) is 6.92 Å². The van der Waals surface area contributed by atoms with Gasteiger partial charge < -0.3 is 9.73 Å². The van der Waals surface area contributed by atoms with Gasteiger partial charge in [0.2, 0.25) is 0 Å². The van der Waals surface area contributed by atoms with Gasteiger partial charge in [-0.05, 0) is 50.1 Å². The van der Waals surface area contributed by atoms with Gasteiger partial charge in [-0.2, -0.15) is 5.10 Å². The van der Waals surface area contributed by atoms with Crippen LogP contribution < -0.4 is 10.7 Å². The standard InChI is InChI=1S/C22H19Cl2N3O2/c1-13-20-18(27-26-15-6-3-2-4-7-15)8-5-9-19(20)29-21(13)22(28)25-17-11-10-14(23)12-16(17)24/h2-4,6-7,10-12,26H,5,8-9H2,1H3,(H,25,28)/b27-18+. The molecule has 0 atom stereocenters. The van der Waals surface area contributed by atoms with Crippen molar-refractivity contribution in [3.05, 3.63) is 81.2 Å². The summed E-state index contributed by atoms with van der Waals surface area (Å²) in [6.07, 6.45) is 2.51. The molecule has 0 fully saturated rings. The van der Waals surface area contributed by atoms with Gasteiger partial charge in [0.25, 0.3) is 5.91 Å². The molecule has 1 aliphatic rings. The summed E-state index contributed by atoms with van der Waals surface area (Å²) < 4.78 is 5.93. The summed E-state index contributed by atoms with van der Waals surface area (Å²) in [7, 11) is 0. The van der Waals surface area contributed by atoms with Crippen LogP contribution in [0.1, 0.15) is 40.3 Å². The van der Waals surface area contributed by atoms with Gasteiger partial charge in [0.05, 0.1) is 22.1 Å². The Kier molecular flexibility index (Phi) is 5.60. The third-order valence-corrected chi connectivity index (χ3v) is 5.35. The molecule has 2 N–H and O–H groups in total. The van der Waals surface area contributed by atoms with E-state index in [9.17, 15) is 4.79 Å². The molecule has 7 heteroatoms. The molecule has 4 rings (SSSR count). The average molecular weight is 428 g/mol. The maximum atomic E-state index is 12.8. The lowest BCUT2D eigenvalue weighted by atomic mass is 9.93. The smallest absolute Gasteiger partial charge is 0.291 e. The third-order valence-electron chi connectivity index (χ3n) is 4.81. The van der Waals surface area contributed by atoms with Gasteiger partial charge >= 0.3 is 0 Å². The van der Waals surface area contributed by atoms with Crippen LogP contribution in [0.25, 0.3) is 0 Å². The van der Waals surface area contributed by atoms with E-state index in [0.717, 1.165) is 47.5 Å². The number of carbonyl (C=O) groups excluding carboxylic acids is 1. The number of hydrogen-bond donors (Lipinski definition) is 2. The lowest BCUT2D eigenvalue weighted by Gasteiger charge is -2.13. The molecule has 0 bridgehead atoms. The minimum Gasteiger partial charge on any atom is -0.455 e. The topological polar surface area (TPSA) is 66.6 Å². The zero-order valence-electron chi connectivity index (χ0n) is 15.8. The number of amides is 1. The second kappa shape index (κ2) is 8.31. The molecule has 29 heavy (non-hydrogen) atoms. The van der Waals surface area contributed by atoms with E-state index in [-0.39, 0.29) is 11.7 Å². The van der Waals surface area contributed by atoms with Crippen molar-refractivity contribution in [3.63, 3.8) is 0 Å². The number of para-hydroxylation sites is 1. The summed E-state index contributed by atoms with van der Waals surface area (Å²) in [6, 6.07) is 14.7. The van der Waals surface area contributed by atoms with E-state index in [1.165, 1.54) is 0 Å². The summed E-state index contributed by atoms with van der Waals surface area (Å²) in [4.78, 5) is 12.8. The molecule has 148 valence electrons. The molecule has 0 saturated heterocycles. The summed E-state index contributed by atoms with van der Waals surface area (Å²) in [5, 5.41) is 8.25. The van der Waals surface area contributed by atoms with Gasteiger partial charge in [-0.15, -0.1) is 0 Å². The van der Waals surface area contributed by atoms with Crippen molar-refractivity contribution in [2.45, 2.75) is 26.2 Å². The van der Waals surface area contributed by atoms with Crippen LogP contribution in [0.2, 0.25) is 10.0 Å². The molecule has 1 heterocycles. The van der Waals surface area contributed by atoms with E-state index < -0.39 is 0 Å². The van der Waals surface area contributed by atoms with E-state index >= 15 is 0 Å². The number of nitrogens with one attached hydrogen (secondary N) is 2. The first-order chi connectivity index (χ1) is 14.0. The lowest BCUT2D eigenvalue weighted by Crippen LogP contribution is -2.14. The van der Waals surface area contributed by atoms with E-state index in [4.69, 9.17) is 27.6 Å². The number of benzene rings is 2. The lowest BCUT2D eigenvalue weighted by molar-refractivity contribution is 0.0994. The zero-order valence-corrected chi connectivity index (χ0v) is 17.3. The van der Waals surface area contributed by atoms with Crippen molar-refractivity contribution in [1.29, 1.82) is 0 Å². The van der Waals surface area contributed by atoms with Crippen molar-refractivity contribution in [3.8, 4) is 0 Å². The molecule has 0 saturated carbocycles. The zero-order chi connectivity index (χ0) is 20.4. The number of hydrogen-bond acceptors (Lipinski definition) is 4. The molecule has 2 aromatic carbocycles. The van der Waals surface area contributed by atoms with Crippen LogP contribution >= 0.6 is 23.2 Å². The highest BCUT2D eigenvalue weighted by atomic mass is 35.5. The van der Waals surface area contributed by atoms with Crippen molar-refractivity contribution in [1.82, 2.24) is 0 Å². The van der Waals surface area contributed by atoms with Crippen LogP contribution in [0.4, 0.5) is 11.4 Å². The number of hydrazone groups is 1. The molecule has 0 radical (unpaired) electrons. The molecule has 5 nitrogen and oxygen atoms in total. The normalized spacial score (nSPS) is 14.5. The number of fused-ring (bicyclic) bond motifs is 1. The van der Waals surface area contributed by atoms with Gasteiger partial charge in [-0.25, -0.2) is 0 Å². The molecule has 0 spiro atoms. The van der Waals surface area contributed by atoms with Gasteiger partial charge in [-0.1, -0.05) is 41.4 Å². The molecule has 0 aliphatic heterocycles. The minimum atomic E-state index is -0.350. The van der Waals surface area contributed by atoms with Crippen molar-refractivity contribution in [2.75, 3.05) is 10.7 Å². The molecule has 3 aromatic rings. The Morgan fingerprint density at radius 3 is 2.66 bits per heavy atom. The highest BCUT2D eigenvalue weighted by molar-refractivity contribution is 6.36. The second-order valence-corrected chi connectivity index (χ2v) is 7.67. The molecular formula is C22H19Cl2N3O2.